The minimum absolute atomic E-state index is 0.591. The summed E-state index contributed by atoms with van der Waals surface area (Å²) in [6.07, 6.45) is 2.62. The van der Waals surface area contributed by atoms with Gasteiger partial charge in [-0.15, -0.1) is 0 Å². The number of anilines is 1. The molecule has 5 nitrogen and oxygen atoms in total. The van der Waals surface area contributed by atoms with Gasteiger partial charge in [0.15, 0.2) is 0 Å². The number of fused-ring (bicyclic) bond motifs is 1. The third-order valence-corrected chi connectivity index (χ3v) is 3.58. The zero-order chi connectivity index (χ0) is 14.8. The average Bonchev–Trinajstić information content (AvgIpc) is 2.80. The molecule has 0 atom stereocenters. The highest BCUT2D eigenvalue weighted by atomic mass is 16.5. The van der Waals surface area contributed by atoms with E-state index in [1.165, 1.54) is 11.3 Å². The van der Waals surface area contributed by atoms with Crippen LogP contribution in [0.25, 0.3) is 0 Å². The van der Waals surface area contributed by atoms with Crippen molar-refractivity contribution < 1.29 is 4.74 Å². The molecule has 1 aromatic carbocycles. The largest absolute Gasteiger partial charge is 0.439 e. The van der Waals surface area contributed by atoms with E-state index in [1.807, 2.05) is 26.2 Å². The smallest absolute Gasteiger partial charge is 0.222 e. The molecule has 110 valence electrons. The second-order valence-corrected chi connectivity index (χ2v) is 5.65. The highest BCUT2D eigenvalue weighted by Crippen LogP contribution is 2.31. The molecule has 0 radical (unpaired) electrons. The second-order valence-electron chi connectivity index (χ2n) is 5.65. The van der Waals surface area contributed by atoms with Crippen molar-refractivity contribution in [1.82, 2.24) is 14.9 Å². The first kappa shape index (κ1) is 13.8. The lowest BCUT2D eigenvalue weighted by Gasteiger charge is -2.13. The maximum atomic E-state index is 5.87. The summed E-state index contributed by atoms with van der Waals surface area (Å²) in [5.74, 6) is 1.42. The normalized spacial score (nSPS) is 13.6. The zero-order valence-electron chi connectivity index (χ0n) is 12.7. The molecule has 0 unspecified atom stereocenters. The van der Waals surface area contributed by atoms with Crippen LogP contribution in [0.1, 0.15) is 11.3 Å². The number of hydrogen-bond acceptors (Lipinski definition) is 5. The predicted molar refractivity (Wildman–Crippen MR) is 82.9 cm³/mol. The van der Waals surface area contributed by atoms with E-state index >= 15 is 0 Å². The third kappa shape index (κ3) is 3.13. The van der Waals surface area contributed by atoms with Gasteiger partial charge in [-0.3, -0.25) is 0 Å². The topological polar surface area (TPSA) is 41.5 Å². The molecular formula is C16H20N4O. The molecule has 0 spiro atoms. The molecule has 0 fully saturated rings. The zero-order valence-corrected chi connectivity index (χ0v) is 12.7. The summed E-state index contributed by atoms with van der Waals surface area (Å²) in [4.78, 5) is 12.8. The predicted octanol–water partition coefficient (Wildman–Crippen LogP) is 2.32. The first-order chi connectivity index (χ1) is 10.1. The number of ether oxygens (including phenoxy) is 1. The Labute approximate surface area is 125 Å². The van der Waals surface area contributed by atoms with Gasteiger partial charge in [0, 0.05) is 31.9 Å². The minimum Gasteiger partial charge on any atom is -0.439 e. The Morgan fingerprint density at radius 1 is 1.24 bits per heavy atom. The van der Waals surface area contributed by atoms with Gasteiger partial charge in [-0.1, -0.05) is 0 Å². The molecule has 5 heteroatoms. The Balaban J connectivity index is 1.78. The van der Waals surface area contributed by atoms with Crippen LogP contribution in [0.2, 0.25) is 0 Å². The fourth-order valence-electron chi connectivity index (χ4n) is 2.57. The molecule has 0 aliphatic carbocycles. The Kier molecular flexibility index (Phi) is 3.75. The molecule has 2 heterocycles. The summed E-state index contributed by atoms with van der Waals surface area (Å²) in [5, 5.41) is 0. The lowest BCUT2D eigenvalue weighted by molar-refractivity contribution is 0.393. The Bertz CT molecular complexity index is 642. The molecular weight excluding hydrogens is 264 g/mol. The van der Waals surface area contributed by atoms with Crippen molar-refractivity contribution in [2.75, 3.05) is 32.6 Å². The quantitative estimate of drug-likeness (QED) is 0.862. The van der Waals surface area contributed by atoms with E-state index in [4.69, 9.17) is 4.74 Å². The van der Waals surface area contributed by atoms with E-state index in [0.29, 0.717) is 5.88 Å². The second kappa shape index (κ2) is 5.69. The Morgan fingerprint density at radius 2 is 2.10 bits per heavy atom. The maximum Gasteiger partial charge on any atom is 0.222 e. The lowest BCUT2D eigenvalue weighted by atomic mass is 10.1. The van der Waals surface area contributed by atoms with Gasteiger partial charge in [-0.2, -0.15) is 0 Å². The van der Waals surface area contributed by atoms with E-state index in [2.05, 4.69) is 38.9 Å². The molecule has 0 saturated heterocycles. The van der Waals surface area contributed by atoms with Gasteiger partial charge in [0.05, 0.1) is 5.69 Å². The summed E-state index contributed by atoms with van der Waals surface area (Å²) >= 11 is 0. The summed E-state index contributed by atoms with van der Waals surface area (Å²) in [7, 11) is 6.14. The van der Waals surface area contributed by atoms with Crippen LogP contribution in [0.4, 0.5) is 5.69 Å². The van der Waals surface area contributed by atoms with Crippen molar-refractivity contribution in [1.29, 1.82) is 0 Å². The molecule has 1 aliphatic rings. The van der Waals surface area contributed by atoms with Crippen molar-refractivity contribution in [3.63, 3.8) is 0 Å². The molecule has 3 rings (SSSR count). The van der Waals surface area contributed by atoms with Crippen LogP contribution in [0.3, 0.4) is 0 Å². The van der Waals surface area contributed by atoms with Gasteiger partial charge in [0.2, 0.25) is 5.88 Å². The highest BCUT2D eigenvalue weighted by molar-refractivity contribution is 5.59. The van der Waals surface area contributed by atoms with Gasteiger partial charge >= 0.3 is 0 Å². The fourth-order valence-corrected chi connectivity index (χ4v) is 2.57. The highest BCUT2D eigenvalue weighted by Gasteiger charge is 2.16. The summed E-state index contributed by atoms with van der Waals surface area (Å²) in [6, 6.07) is 8.10. The Morgan fingerprint density at radius 3 is 2.90 bits per heavy atom. The Hall–Kier alpha value is -2.14. The van der Waals surface area contributed by atoms with Crippen LogP contribution < -0.4 is 9.64 Å². The fraction of sp³-hybridized carbons (Fsp3) is 0.375. The number of aromatic nitrogens is 2. The first-order valence-corrected chi connectivity index (χ1v) is 7.09. The van der Waals surface area contributed by atoms with Crippen LogP contribution >= 0.6 is 0 Å². The van der Waals surface area contributed by atoms with Crippen molar-refractivity contribution in [2.45, 2.75) is 13.0 Å². The van der Waals surface area contributed by atoms with Crippen LogP contribution in [0, 0.1) is 0 Å². The van der Waals surface area contributed by atoms with E-state index in [0.717, 1.165) is 31.0 Å². The average molecular weight is 284 g/mol. The molecule has 2 aromatic rings. The maximum absolute atomic E-state index is 5.87. The number of nitrogens with zero attached hydrogens (tertiary/aromatic N) is 4. The van der Waals surface area contributed by atoms with Crippen molar-refractivity contribution >= 4 is 5.69 Å². The van der Waals surface area contributed by atoms with E-state index < -0.39 is 0 Å². The van der Waals surface area contributed by atoms with Crippen LogP contribution in [-0.2, 0) is 13.0 Å². The van der Waals surface area contributed by atoms with Gasteiger partial charge < -0.3 is 14.5 Å². The number of benzene rings is 1. The molecule has 1 aliphatic heterocycles. The standard InChI is InChI=1S/C16H20N4O/c1-19(2)10-13-9-16(18-11-17-13)21-14-4-5-15-12(8-14)6-7-20(15)3/h4-5,8-9,11H,6-7,10H2,1-3H3. The van der Waals surface area contributed by atoms with E-state index in [-0.39, 0.29) is 0 Å². The van der Waals surface area contributed by atoms with Gasteiger partial charge in [-0.05, 0) is 44.3 Å². The summed E-state index contributed by atoms with van der Waals surface area (Å²) < 4.78 is 5.87. The van der Waals surface area contributed by atoms with Crippen LogP contribution in [-0.4, -0.2) is 42.6 Å². The van der Waals surface area contributed by atoms with Crippen molar-refractivity contribution in [3.8, 4) is 11.6 Å². The van der Waals surface area contributed by atoms with Gasteiger partial charge in [-0.25, -0.2) is 9.97 Å². The SMILES string of the molecule is CN(C)Cc1cc(Oc2ccc3c(c2)CCN3C)ncn1. The lowest BCUT2D eigenvalue weighted by Crippen LogP contribution is -2.12. The number of hydrogen-bond donors (Lipinski definition) is 0. The summed E-state index contributed by atoms with van der Waals surface area (Å²) in [5.41, 5.74) is 3.57. The minimum atomic E-state index is 0.591. The van der Waals surface area contributed by atoms with Gasteiger partial charge in [0.1, 0.15) is 12.1 Å². The molecule has 0 N–H and O–H groups in total. The molecule has 21 heavy (non-hydrogen) atoms. The van der Waals surface area contributed by atoms with E-state index in [1.54, 1.807) is 6.33 Å². The van der Waals surface area contributed by atoms with Crippen LogP contribution in [0.15, 0.2) is 30.6 Å². The first-order valence-electron chi connectivity index (χ1n) is 7.09. The molecule has 1 aromatic heterocycles. The summed E-state index contributed by atoms with van der Waals surface area (Å²) in [6.45, 7) is 1.84. The van der Waals surface area contributed by atoms with Crippen LogP contribution in [0.5, 0.6) is 11.6 Å². The van der Waals surface area contributed by atoms with Crippen molar-refractivity contribution in [3.05, 3.63) is 41.9 Å². The molecule has 0 saturated carbocycles. The molecule has 0 amide bonds. The van der Waals surface area contributed by atoms with Gasteiger partial charge in [0.25, 0.3) is 0 Å². The van der Waals surface area contributed by atoms with Crippen molar-refractivity contribution in [2.24, 2.45) is 0 Å². The number of likely N-dealkylation sites (N-methyl/N-ethyl adjacent to an activating group) is 1. The monoisotopic (exact) mass is 284 g/mol. The third-order valence-electron chi connectivity index (χ3n) is 3.58. The molecule has 0 bridgehead atoms. The number of rotatable bonds is 4. The van der Waals surface area contributed by atoms with E-state index in [9.17, 15) is 0 Å².